The maximum atomic E-state index is 12.4. The normalized spacial score (nSPS) is 25.2. The van der Waals surface area contributed by atoms with Gasteiger partial charge in [0.25, 0.3) is 0 Å². The van der Waals surface area contributed by atoms with E-state index in [1.54, 1.807) is 0 Å². The standard InChI is InChI=1S/C34H62O8.C32H56O6.C19H28O9/c1-3-5-7-9-11-13-15-21-27-29(41-27)23-17-19-25-39-33(37)31(35)32(36)34(38)40-26-20-18-24-30-28(42-30)22-16-14-12-10-8-6-4-2;1-3-5-7-9-11-13-15-19-27-29(37-27)21-17-25-35-31(33)23-24-32(34)36-26-18-22-30-28(38-30)20-16-14-12-10-8-6-4-2;1-10-14(26-10)7-23-17(20)5-4-13(19(22)25-9-16-12(3)28-16)6-18(21)24-8-15-11(2)27-15/h27-32,35-36H,3-26H2,1-2H3;23-24,27-30H,3-22,25-26H2,1-2H3;10-16H,4-9H2,1-3H3/b;24-23-;. The summed E-state index contributed by atoms with van der Waals surface area (Å²) in [5.41, 5.74) is 0. The Balaban J connectivity index is 0.000000296. The van der Waals surface area contributed by atoms with Gasteiger partial charge in [-0.2, -0.15) is 0 Å². The van der Waals surface area contributed by atoms with E-state index >= 15 is 0 Å². The van der Waals surface area contributed by atoms with Gasteiger partial charge in [-0.1, -0.05) is 207 Å². The molecule has 0 radical (unpaired) electrons. The largest absolute Gasteiger partial charge is 0.464 e. The summed E-state index contributed by atoms with van der Waals surface area (Å²) in [4.78, 5) is 84.0. The summed E-state index contributed by atoms with van der Waals surface area (Å²) in [6.45, 7) is 16.1. The van der Waals surface area contributed by atoms with Crippen LogP contribution in [-0.2, 0) is 99.9 Å². The number of aliphatic hydroxyl groups is 2. The molecule has 108 heavy (non-hydrogen) atoms. The van der Waals surface area contributed by atoms with Crippen molar-refractivity contribution in [2.75, 3.05) is 46.2 Å². The van der Waals surface area contributed by atoms with Crippen LogP contribution in [0.1, 0.15) is 337 Å². The molecule has 0 saturated carbocycles. The average Bonchev–Trinajstić information content (AvgIpc) is 1.71. The number of esters is 7. The Labute approximate surface area is 648 Å². The third-order valence-electron chi connectivity index (χ3n) is 21.4. The number of carbonyl (C=O) groups is 7. The third kappa shape index (κ3) is 46.6. The summed E-state index contributed by atoms with van der Waals surface area (Å²) in [6.07, 6.45) is 50.9. The molecule has 2 N–H and O–H groups in total. The molecule has 0 aliphatic carbocycles. The minimum absolute atomic E-state index is 0.00719. The Bertz CT molecular complexity index is 2350. The number of hydrogen-bond acceptors (Lipinski definition) is 23. The number of aliphatic hydroxyl groups excluding tert-OH is 2. The van der Waals surface area contributed by atoms with Crippen molar-refractivity contribution in [3.8, 4) is 0 Å². The SMILES string of the molecule is CC1OC1COC(=O)CCC(CC(=O)OCC1OC1C)C(=O)OCC1OC1C.CCCCCCCCCC1OC1CCCCOC(=O)C(O)C(O)C(=O)OCCCCC1OC1CCCCCCCCC.CCCCCCCCCC1OC1CCCOC(=O)/C=C\C(=O)OCCCC1OC1CCCCCCCCC. The molecule has 7 heterocycles. The summed E-state index contributed by atoms with van der Waals surface area (Å²) in [5.74, 6) is -5.28. The Morgan fingerprint density at radius 3 is 0.861 bits per heavy atom. The van der Waals surface area contributed by atoms with Crippen LogP contribution in [0.15, 0.2) is 12.2 Å². The van der Waals surface area contributed by atoms with E-state index in [9.17, 15) is 43.8 Å². The zero-order chi connectivity index (χ0) is 77.9. The van der Waals surface area contributed by atoms with Gasteiger partial charge >= 0.3 is 41.8 Å². The van der Waals surface area contributed by atoms with Crippen molar-refractivity contribution in [2.24, 2.45) is 5.92 Å². The van der Waals surface area contributed by atoms with Crippen LogP contribution in [0.3, 0.4) is 0 Å². The van der Waals surface area contributed by atoms with E-state index in [4.69, 9.17) is 66.3 Å². The van der Waals surface area contributed by atoms with Gasteiger partial charge in [0.2, 0.25) is 0 Å². The zero-order valence-electron chi connectivity index (χ0n) is 67.7. The van der Waals surface area contributed by atoms with Gasteiger partial charge in [-0.05, 0) is 117 Å². The molecular formula is C85H146O23. The highest BCUT2D eigenvalue weighted by atomic mass is 16.6. The molecule has 23 heteroatoms. The first-order valence-electron chi connectivity index (χ1n) is 43.2. The van der Waals surface area contributed by atoms with Crippen molar-refractivity contribution >= 4 is 41.8 Å². The Kier molecular flexibility index (Phi) is 50.3. The Hall–Kier alpha value is -4.33. The van der Waals surface area contributed by atoms with Crippen molar-refractivity contribution in [1.29, 1.82) is 0 Å². The van der Waals surface area contributed by atoms with E-state index < -0.39 is 59.9 Å². The molecule has 0 aromatic rings. The topological polar surface area (TPSA) is 312 Å². The second-order valence-corrected chi connectivity index (χ2v) is 31.2. The third-order valence-corrected chi connectivity index (χ3v) is 21.4. The van der Waals surface area contributed by atoms with Crippen molar-refractivity contribution in [3.05, 3.63) is 12.2 Å². The molecule has 7 aliphatic rings. The average molecular weight is 1540 g/mol. The van der Waals surface area contributed by atoms with Crippen LogP contribution in [0.5, 0.6) is 0 Å². The van der Waals surface area contributed by atoms with Gasteiger partial charge in [0.15, 0.2) is 12.2 Å². The molecule has 7 aliphatic heterocycles. The molecule has 0 aromatic carbocycles. The predicted octanol–water partition coefficient (Wildman–Crippen LogP) is 15.7. The summed E-state index contributed by atoms with van der Waals surface area (Å²) < 4.78 is 74.5. The second-order valence-electron chi connectivity index (χ2n) is 31.2. The van der Waals surface area contributed by atoms with Gasteiger partial charge in [-0.3, -0.25) is 14.4 Å². The van der Waals surface area contributed by atoms with Gasteiger partial charge < -0.3 is 76.5 Å². The van der Waals surface area contributed by atoms with Crippen molar-refractivity contribution in [2.45, 2.75) is 435 Å². The predicted molar refractivity (Wildman–Crippen MR) is 409 cm³/mol. The molecule has 0 spiro atoms. The molecule has 0 amide bonds. The maximum absolute atomic E-state index is 12.4. The fourth-order valence-corrected chi connectivity index (χ4v) is 13.6. The highest BCUT2D eigenvalue weighted by Gasteiger charge is 2.42. The van der Waals surface area contributed by atoms with Crippen LogP contribution >= 0.6 is 0 Å². The van der Waals surface area contributed by atoms with Crippen LogP contribution < -0.4 is 0 Å². The first-order chi connectivity index (χ1) is 52.4. The highest BCUT2D eigenvalue weighted by Crippen LogP contribution is 2.35. The minimum atomic E-state index is -1.94. The molecule has 17 atom stereocenters. The van der Waals surface area contributed by atoms with Crippen molar-refractivity contribution < 1.29 is 110 Å². The molecule has 7 rings (SSSR count). The van der Waals surface area contributed by atoms with Crippen LogP contribution in [-0.4, -0.2) is 196 Å². The lowest BCUT2D eigenvalue weighted by atomic mass is 9.99. The monoisotopic (exact) mass is 1540 g/mol. The van der Waals surface area contributed by atoms with Gasteiger partial charge in [0.1, 0.15) is 38.1 Å². The van der Waals surface area contributed by atoms with Crippen molar-refractivity contribution in [3.63, 3.8) is 0 Å². The number of hydrogen-bond donors (Lipinski definition) is 2. The van der Waals surface area contributed by atoms with Crippen LogP contribution in [0.25, 0.3) is 0 Å². The number of epoxide rings is 7. The van der Waals surface area contributed by atoms with Crippen LogP contribution in [0, 0.1) is 5.92 Å². The van der Waals surface area contributed by atoms with Crippen LogP contribution in [0.2, 0.25) is 0 Å². The number of unbranched alkanes of at least 4 members (excludes halogenated alkanes) is 26. The van der Waals surface area contributed by atoms with Gasteiger partial charge in [-0.25, -0.2) is 19.2 Å². The molecule has 17 unspecified atom stereocenters. The Morgan fingerprint density at radius 1 is 0.296 bits per heavy atom. The number of ether oxygens (including phenoxy) is 14. The first-order valence-corrected chi connectivity index (χ1v) is 43.2. The molecular weight excluding hydrogens is 1390 g/mol. The minimum Gasteiger partial charge on any atom is -0.464 e. The molecule has 7 saturated heterocycles. The summed E-state index contributed by atoms with van der Waals surface area (Å²) in [5, 5.41) is 20.0. The van der Waals surface area contributed by atoms with E-state index in [0.717, 1.165) is 89.2 Å². The van der Waals surface area contributed by atoms with E-state index in [1.165, 1.54) is 180 Å². The van der Waals surface area contributed by atoms with E-state index in [-0.39, 0.29) is 88.9 Å². The first kappa shape index (κ1) is 94.3. The Morgan fingerprint density at radius 2 is 0.556 bits per heavy atom. The van der Waals surface area contributed by atoms with Gasteiger partial charge in [0, 0.05) is 18.6 Å². The van der Waals surface area contributed by atoms with Gasteiger partial charge in [-0.15, -0.1) is 0 Å². The summed E-state index contributed by atoms with van der Waals surface area (Å²) >= 11 is 0. The van der Waals surface area contributed by atoms with E-state index in [1.807, 2.05) is 20.8 Å². The lowest BCUT2D eigenvalue weighted by Gasteiger charge is -2.16. The smallest absolute Gasteiger partial charge is 0.338 e. The number of rotatable bonds is 67. The second kappa shape index (κ2) is 57.7. The van der Waals surface area contributed by atoms with Gasteiger partial charge in [0.05, 0.1) is 106 Å². The molecule has 23 nitrogen and oxygen atoms in total. The molecule has 0 bridgehead atoms. The lowest BCUT2D eigenvalue weighted by molar-refractivity contribution is -0.173. The van der Waals surface area contributed by atoms with E-state index in [2.05, 4.69) is 27.7 Å². The molecule has 624 valence electrons. The highest BCUT2D eigenvalue weighted by molar-refractivity contribution is 5.91. The summed E-state index contributed by atoms with van der Waals surface area (Å²) in [6, 6.07) is 0. The quantitative estimate of drug-likeness (QED) is 0.0188. The lowest BCUT2D eigenvalue weighted by Crippen LogP contribution is -2.41. The van der Waals surface area contributed by atoms with Crippen LogP contribution in [0.4, 0.5) is 0 Å². The van der Waals surface area contributed by atoms with Crippen molar-refractivity contribution in [1.82, 2.24) is 0 Å². The zero-order valence-corrected chi connectivity index (χ0v) is 67.7. The van der Waals surface area contributed by atoms with E-state index in [0.29, 0.717) is 74.9 Å². The fraction of sp³-hybridized carbons (Fsp3) is 0.894. The maximum Gasteiger partial charge on any atom is 0.338 e. The summed E-state index contributed by atoms with van der Waals surface area (Å²) in [7, 11) is 0. The number of carbonyl (C=O) groups excluding carboxylic acids is 7. The molecule has 0 aromatic heterocycles. The fourth-order valence-electron chi connectivity index (χ4n) is 13.6. The molecule has 7 fully saturated rings.